The maximum absolute atomic E-state index is 11.6. The van der Waals surface area contributed by atoms with Crippen LogP contribution in [0.4, 0.5) is 5.69 Å². The van der Waals surface area contributed by atoms with E-state index in [-0.39, 0.29) is 30.1 Å². The van der Waals surface area contributed by atoms with E-state index in [1.165, 1.54) is 13.8 Å². The summed E-state index contributed by atoms with van der Waals surface area (Å²) in [6.07, 6.45) is 1.13. The Hall–Kier alpha value is -2.37. The average molecular weight is 387 g/mol. The summed E-state index contributed by atoms with van der Waals surface area (Å²) < 4.78 is 6.35. The molecular weight excluding hydrogens is 364 g/mol. The molecule has 1 heterocycles. The minimum Gasteiger partial charge on any atom is -0.365 e. The fourth-order valence-corrected chi connectivity index (χ4v) is 3.54. The summed E-state index contributed by atoms with van der Waals surface area (Å²) in [6, 6.07) is 15.3. The fourth-order valence-electron chi connectivity index (χ4n) is 3.42. The lowest BCUT2D eigenvalue weighted by atomic mass is 9.91. The number of halogens is 1. The molecule has 1 saturated heterocycles. The number of carbonyl (C=O) groups is 2. The maximum atomic E-state index is 11.6. The van der Waals surface area contributed by atoms with E-state index in [1.54, 1.807) is 0 Å². The molecule has 0 saturated carbocycles. The standard InChI is InChI=1S/C21H23ClN2O3/c1-13(25)23-18-9-5-16(6-10-18)21-12-19(24-14(2)26)11-20(27-21)15-3-7-17(22)8-4-15/h3-10,19-21H,11-12H2,1-2H3,(H,23,25)(H,24,26)/t19-,20-,21+/m1/s1. The van der Waals surface area contributed by atoms with E-state index in [0.29, 0.717) is 17.9 Å². The van der Waals surface area contributed by atoms with Crippen molar-refractivity contribution in [3.63, 3.8) is 0 Å². The normalized spacial score (nSPS) is 22.1. The van der Waals surface area contributed by atoms with Crippen LogP contribution in [0.25, 0.3) is 0 Å². The molecule has 2 aromatic carbocycles. The first-order chi connectivity index (χ1) is 12.9. The van der Waals surface area contributed by atoms with Crippen molar-refractivity contribution < 1.29 is 14.3 Å². The highest BCUT2D eigenvalue weighted by Crippen LogP contribution is 2.39. The molecule has 27 heavy (non-hydrogen) atoms. The van der Waals surface area contributed by atoms with Gasteiger partial charge in [-0.2, -0.15) is 0 Å². The van der Waals surface area contributed by atoms with Crippen LogP contribution >= 0.6 is 11.6 Å². The first kappa shape index (κ1) is 19.4. The first-order valence-corrected chi connectivity index (χ1v) is 9.34. The third kappa shape index (κ3) is 5.31. The van der Waals surface area contributed by atoms with E-state index in [1.807, 2.05) is 48.5 Å². The quantitative estimate of drug-likeness (QED) is 0.818. The Labute approximate surface area is 164 Å². The highest BCUT2D eigenvalue weighted by atomic mass is 35.5. The summed E-state index contributed by atoms with van der Waals surface area (Å²) in [5.41, 5.74) is 2.79. The highest BCUT2D eigenvalue weighted by molar-refractivity contribution is 6.30. The number of benzene rings is 2. The van der Waals surface area contributed by atoms with Gasteiger partial charge in [-0.05, 0) is 48.2 Å². The summed E-state index contributed by atoms with van der Waals surface area (Å²) in [5, 5.41) is 6.47. The molecule has 1 aliphatic rings. The van der Waals surface area contributed by atoms with Crippen molar-refractivity contribution in [3.05, 3.63) is 64.7 Å². The number of amides is 2. The van der Waals surface area contributed by atoms with Crippen LogP contribution in [0.5, 0.6) is 0 Å². The van der Waals surface area contributed by atoms with Gasteiger partial charge in [0.1, 0.15) is 0 Å². The molecule has 1 fully saturated rings. The van der Waals surface area contributed by atoms with Crippen molar-refractivity contribution in [1.29, 1.82) is 0 Å². The van der Waals surface area contributed by atoms with Gasteiger partial charge in [0.25, 0.3) is 0 Å². The third-order valence-corrected chi connectivity index (χ3v) is 4.83. The van der Waals surface area contributed by atoms with Gasteiger partial charge in [0, 0.05) is 30.6 Å². The van der Waals surface area contributed by atoms with Gasteiger partial charge in [-0.15, -0.1) is 0 Å². The summed E-state index contributed by atoms with van der Waals surface area (Å²) in [6.45, 7) is 3.01. The van der Waals surface area contributed by atoms with E-state index >= 15 is 0 Å². The van der Waals surface area contributed by atoms with Crippen LogP contribution in [0, 0.1) is 0 Å². The molecule has 142 valence electrons. The SMILES string of the molecule is CC(=O)Nc1ccc([C@@H]2C[C@H](NC(C)=O)C[C@H](c3ccc(Cl)cc3)O2)cc1. The molecule has 3 atom stereocenters. The molecule has 6 heteroatoms. The van der Waals surface area contributed by atoms with Crippen LogP contribution in [0.2, 0.25) is 5.02 Å². The van der Waals surface area contributed by atoms with E-state index in [2.05, 4.69) is 10.6 Å². The molecule has 0 bridgehead atoms. The Morgan fingerprint density at radius 1 is 0.889 bits per heavy atom. The predicted octanol–water partition coefficient (Wildman–Crippen LogP) is 4.40. The zero-order valence-electron chi connectivity index (χ0n) is 15.4. The van der Waals surface area contributed by atoms with Crippen LogP contribution in [-0.2, 0) is 14.3 Å². The molecule has 0 spiro atoms. The molecule has 5 nitrogen and oxygen atoms in total. The van der Waals surface area contributed by atoms with Crippen molar-refractivity contribution in [3.8, 4) is 0 Å². The summed E-state index contributed by atoms with van der Waals surface area (Å²) in [5.74, 6) is -0.151. The first-order valence-electron chi connectivity index (χ1n) is 8.96. The number of rotatable bonds is 4. The van der Waals surface area contributed by atoms with Crippen molar-refractivity contribution in [2.24, 2.45) is 0 Å². The van der Waals surface area contributed by atoms with Gasteiger partial charge < -0.3 is 15.4 Å². The average Bonchev–Trinajstić information content (AvgIpc) is 2.61. The number of hydrogen-bond acceptors (Lipinski definition) is 3. The fraction of sp³-hybridized carbons (Fsp3) is 0.333. The molecule has 2 amide bonds. The monoisotopic (exact) mass is 386 g/mol. The van der Waals surface area contributed by atoms with Gasteiger partial charge in [-0.1, -0.05) is 35.9 Å². The Balaban J connectivity index is 1.81. The molecule has 0 aliphatic carbocycles. The molecule has 0 unspecified atom stereocenters. The topological polar surface area (TPSA) is 67.4 Å². The second-order valence-corrected chi connectivity index (χ2v) is 7.27. The van der Waals surface area contributed by atoms with Crippen molar-refractivity contribution in [2.75, 3.05) is 5.32 Å². The summed E-state index contributed by atoms with van der Waals surface area (Å²) in [7, 11) is 0. The maximum Gasteiger partial charge on any atom is 0.221 e. The summed E-state index contributed by atoms with van der Waals surface area (Å²) in [4.78, 5) is 22.8. The number of ether oxygens (including phenoxy) is 1. The van der Waals surface area contributed by atoms with Crippen molar-refractivity contribution in [2.45, 2.75) is 44.9 Å². The third-order valence-electron chi connectivity index (χ3n) is 4.58. The van der Waals surface area contributed by atoms with Gasteiger partial charge >= 0.3 is 0 Å². The van der Waals surface area contributed by atoms with Crippen LogP contribution < -0.4 is 10.6 Å². The lowest BCUT2D eigenvalue weighted by Crippen LogP contribution is -2.39. The van der Waals surface area contributed by atoms with Crippen molar-refractivity contribution >= 4 is 29.1 Å². The molecule has 1 aliphatic heterocycles. The number of carbonyl (C=O) groups excluding carboxylic acids is 2. The number of nitrogens with one attached hydrogen (secondary N) is 2. The molecule has 0 aromatic heterocycles. The van der Waals surface area contributed by atoms with Gasteiger partial charge in [0.2, 0.25) is 11.8 Å². The van der Waals surface area contributed by atoms with Gasteiger partial charge in [0.05, 0.1) is 12.2 Å². The summed E-state index contributed by atoms with van der Waals surface area (Å²) >= 11 is 6.00. The molecule has 2 N–H and O–H groups in total. The minimum absolute atomic E-state index is 0.0250. The Kier molecular flexibility index (Phi) is 6.14. The smallest absolute Gasteiger partial charge is 0.221 e. The van der Waals surface area contributed by atoms with Gasteiger partial charge in [0.15, 0.2) is 0 Å². The van der Waals surface area contributed by atoms with Crippen LogP contribution in [0.1, 0.15) is 50.0 Å². The van der Waals surface area contributed by atoms with Crippen LogP contribution in [-0.4, -0.2) is 17.9 Å². The van der Waals surface area contributed by atoms with Gasteiger partial charge in [-0.3, -0.25) is 9.59 Å². The molecule has 2 aromatic rings. The Morgan fingerprint density at radius 3 is 1.89 bits per heavy atom. The van der Waals surface area contributed by atoms with Crippen molar-refractivity contribution in [1.82, 2.24) is 5.32 Å². The predicted molar refractivity (Wildman–Crippen MR) is 106 cm³/mol. The zero-order chi connectivity index (χ0) is 19.4. The molecular formula is C21H23ClN2O3. The Morgan fingerprint density at radius 2 is 1.41 bits per heavy atom. The van der Waals surface area contributed by atoms with E-state index in [9.17, 15) is 9.59 Å². The lowest BCUT2D eigenvalue weighted by molar-refractivity contribution is -0.122. The zero-order valence-corrected chi connectivity index (χ0v) is 16.1. The highest BCUT2D eigenvalue weighted by Gasteiger charge is 2.31. The molecule has 0 radical (unpaired) electrons. The largest absolute Gasteiger partial charge is 0.365 e. The van der Waals surface area contributed by atoms with E-state index in [4.69, 9.17) is 16.3 Å². The van der Waals surface area contributed by atoms with E-state index < -0.39 is 0 Å². The second kappa shape index (κ2) is 8.55. The van der Waals surface area contributed by atoms with Gasteiger partial charge in [-0.25, -0.2) is 0 Å². The number of hydrogen-bond donors (Lipinski definition) is 2. The second-order valence-electron chi connectivity index (χ2n) is 6.84. The van der Waals surface area contributed by atoms with E-state index in [0.717, 1.165) is 16.8 Å². The minimum atomic E-state index is -0.150. The Bertz CT molecular complexity index is 805. The molecule has 3 rings (SSSR count). The lowest BCUT2D eigenvalue weighted by Gasteiger charge is -2.36. The van der Waals surface area contributed by atoms with Crippen LogP contribution in [0.3, 0.4) is 0 Å². The number of anilines is 1. The van der Waals surface area contributed by atoms with Crippen LogP contribution in [0.15, 0.2) is 48.5 Å².